The van der Waals surface area contributed by atoms with E-state index in [-0.39, 0.29) is 17.6 Å². The summed E-state index contributed by atoms with van der Waals surface area (Å²) in [5.74, 6) is 2.18. The quantitative estimate of drug-likeness (QED) is 0.900. The first-order valence-electron chi connectivity index (χ1n) is 6.96. The molecule has 1 N–H and O–H groups in total. The highest BCUT2D eigenvalue weighted by Gasteiger charge is 2.27. The standard InChI is InChI=1S/C16H25NOS/c1-16(2,3)13-7-5-12(6-8-13)15(18)14-11-19-10-9-17(14)4/h5-8,14-15,18H,9-11H2,1-4H3. The zero-order valence-electron chi connectivity index (χ0n) is 12.4. The Morgan fingerprint density at radius 3 is 2.42 bits per heavy atom. The second-order valence-corrected chi connectivity index (χ2v) is 7.59. The van der Waals surface area contributed by atoms with Crippen molar-refractivity contribution in [2.45, 2.75) is 38.3 Å². The molecule has 2 atom stereocenters. The molecular formula is C16H25NOS. The highest BCUT2D eigenvalue weighted by molar-refractivity contribution is 7.99. The second-order valence-electron chi connectivity index (χ2n) is 6.44. The number of likely N-dealkylation sites (N-methyl/N-ethyl adjacent to an activating group) is 1. The van der Waals surface area contributed by atoms with Gasteiger partial charge in [0.25, 0.3) is 0 Å². The molecule has 2 unspecified atom stereocenters. The average molecular weight is 279 g/mol. The van der Waals surface area contributed by atoms with E-state index in [0.29, 0.717) is 0 Å². The van der Waals surface area contributed by atoms with E-state index in [4.69, 9.17) is 0 Å². The van der Waals surface area contributed by atoms with E-state index in [9.17, 15) is 5.11 Å². The van der Waals surface area contributed by atoms with Gasteiger partial charge in [-0.25, -0.2) is 0 Å². The van der Waals surface area contributed by atoms with Gasteiger partial charge in [-0.05, 0) is 23.6 Å². The lowest BCUT2D eigenvalue weighted by Crippen LogP contribution is -2.43. The third-order valence-electron chi connectivity index (χ3n) is 3.93. The highest BCUT2D eigenvalue weighted by atomic mass is 32.2. The summed E-state index contributed by atoms with van der Waals surface area (Å²) < 4.78 is 0. The van der Waals surface area contributed by atoms with E-state index in [2.05, 4.69) is 57.0 Å². The van der Waals surface area contributed by atoms with E-state index in [0.717, 1.165) is 17.9 Å². The van der Waals surface area contributed by atoms with Crippen LogP contribution in [0, 0.1) is 0 Å². The second kappa shape index (κ2) is 5.86. The molecule has 0 aromatic heterocycles. The minimum atomic E-state index is -0.383. The number of benzene rings is 1. The largest absolute Gasteiger partial charge is 0.387 e. The molecule has 0 radical (unpaired) electrons. The highest BCUT2D eigenvalue weighted by Crippen LogP contribution is 2.29. The van der Waals surface area contributed by atoms with Crippen LogP contribution in [0.25, 0.3) is 0 Å². The van der Waals surface area contributed by atoms with Crippen molar-refractivity contribution in [2.75, 3.05) is 25.1 Å². The van der Waals surface area contributed by atoms with Crippen LogP contribution in [0.15, 0.2) is 24.3 Å². The van der Waals surface area contributed by atoms with Gasteiger partial charge in [-0.1, -0.05) is 45.0 Å². The predicted octanol–water partition coefficient (Wildman–Crippen LogP) is 3.06. The number of thioether (sulfide) groups is 1. The van der Waals surface area contributed by atoms with Gasteiger partial charge in [0.05, 0.1) is 6.10 Å². The topological polar surface area (TPSA) is 23.5 Å². The van der Waals surface area contributed by atoms with Crippen LogP contribution in [0.1, 0.15) is 38.0 Å². The van der Waals surface area contributed by atoms with Crippen LogP contribution in [0.2, 0.25) is 0 Å². The molecule has 1 aliphatic rings. The lowest BCUT2D eigenvalue weighted by Gasteiger charge is -2.35. The summed E-state index contributed by atoms with van der Waals surface area (Å²) in [6, 6.07) is 8.69. The summed E-state index contributed by atoms with van der Waals surface area (Å²) in [4.78, 5) is 2.28. The third-order valence-corrected chi connectivity index (χ3v) is 4.97. The molecule has 19 heavy (non-hydrogen) atoms. The van der Waals surface area contributed by atoms with Crippen LogP contribution >= 0.6 is 11.8 Å². The normalized spacial score (nSPS) is 23.3. The molecule has 1 fully saturated rings. The average Bonchev–Trinajstić information content (AvgIpc) is 2.38. The molecule has 2 rings (SSSR count). The fourth-order valence-electron chi connectivity index (χ4n) is 2.44. The Balaban J connectivity index is 2.13. The van der Waals surface area contributed by atoms with Gasteiger partial charge in [-0.15, -0.1) is 0 Å². The molecule has 106 valence electrons. The smallest absolute Gasteiger partial charge is 0.0953 e. The number of aliphatic hydroxyl groups excluding tert-OH is 1. The van der Waals surface area contributed by atoms with Crippen molar-refractivity contribution in [3.8, 4) is 0 Å². The molecule has 0 amide bonds. The minimum Gasteiger partial charge on any atom is -0.387 e. The molecule has 0 spiro atoms. The number of hydrogen-bond acceptors (Lipinski definition) is 3. The maximum Gasteiger partial charge on any atom is 0.0953 e. The van der Waals surface area contributed by atoms with E-state index < -0.39 is 0 Å². The number of hydrogen-bond donors (Lipinski definition) is 1. The molecule has 0 aliphatic carbocycles. The summed E-state index contributed by atoms with van der Waals surface area (Å²) in [6.45, 7) is 7.70. The number of nitrogens with zero attached hydrogens (tertiary/aromatic N) is 1. The van der Waals surface area contributed by atoms with Crippen LogP contribution in [0.5, 0.6) is 0 Å². The van der Waals surface area contributed by atoms with Crippen molar-refractivity contribution in [3.63, 3.8) is 0 Å². The monoisotopic (exact) mass is 279 g/mol. The van der Waals surface area contributed by atoms with E-state index in [1.165, 1.54) is 11.3 Å². The van der Waals surface area contributed by atoms with Gasteiger partial charge in [-0.3, -0.25) is 4.90 Å². The lowest BCUT2D eigenvalue weighted by molar-refractivity contribution is 0.0758. The van der Waals surface area contributed by atoms with Crippen molar-refractivity contribution in [1.82, 2.24) is 4.90 Å². The summed E-state index contributed by atoms with van der Waals surface area (Å²) in [6.07, 6.45) is -0.383. The molecule has 1 aromatic carbocycles. The maximum atomic E-state index is 10.6. The Bertz CT molecular complexity index is 410. The minimum absolute atomic E-state index is 0.168. The van der Waals surface area contributed by atoms with Crippen LogP contribution in [-0.4, -0.2) is 41.1 Å². The first kappa shape index (κ1) is 14.9. The SMILES string of the molecule is CN1CCSCC1C(O)c1ccc(C(C)(C)C)cc1. The van der Waals surface area contributed by atoms with Gasteiger partial charge < -0.3 is 5.11 Å². The number of rotatable bonds is 2. The Hall–Kier alpha value is -0.510. The number of aliphatic hydroxyl groups is 1. The summed E-state index contributed by atoms with van der Waals surface area (Å²) in [7, 11) is 2.11. The molecule has 1 aromatic rings. The van der Waals surface area contributed by atoms with Crippen molar-refractivity contribution < 1.29 is 5.11 Å². The van der Waals surface area contributed by atoms with Crippen LogP contribution < -0.4 is 0 Å². The molecule has 2 nitrogen and oxygen atoms in total. The van der Waals surface area contributed by atoms with Crippen molar-refractivity contribution in [1.29, 1.82) is 0 Å². The van der Waals surface area contributed by atoms with Gasteiger partial charge in [0, 0.05) is 24.1 Å². The van der Waals surface area contributed by atoms with E-state index in [1.807, 2.05) is 11.8 Å². The van der Waals surface area contributed by atoms with Gasteiger partial charge >= 0.3 is 0 Å². The van der Waals surface area contributed by atoms with Gasteiger partial charge in [-0.2, -0.15) is 11.8 Å². The van der Waals surface area contributed by atoms with Crippen LogP contribution in [0.4, 0.5) is 0 Å². The Morgan fingerprint density at radius 1 is 1.26 bits per heavy atom. The van der Waals surface area contributed by atoms with Gasteiger partial charge in [0.2, 0.25) is 0 Å². The fraction of sp³-hybridized carbons (Fsp3) is 0.625. The third kappa shape index (κ3) is 3.53. The van der Waals surface area contributed by atoms with E-state index >= 15 is 0 Å². The van der Waals surface area contributed by atoms with Crippen molar-refractivity contribution >= 4 is 11.8 Å². The Kier molecular flexibility index (Phi) is 4.59. The van der Waals surface area contributed by atoms with E-state index in [1.54, 1.807) is 0 Å². The zero-order chi connectivity index (χ0) is 14.0. The first-order valence-corrected chi connectivity index (χ1v) is 8.11. The van der Waals surface area contributed by atoms with Gasteiger partial charge in [0.15, 0.2) is 0 Å². The maximum absolute atomic E-state index is 10.6. The van der Waals surface area contributed by atoms with Gasteiger partial charge in [0.1, 0.15) is 0 Å². The molecule has 1 aliphatic heterocycles. The molecule has 0 bridgehead atoms. The molecule has 1 saturated heterocycles. The molecule has 3 heteroatoms. The summed E-state index contributed by atoms with van der Waals surface area (Å²) in [5, 5.41) is 10.6. The zero-order valence-corrected chi connectivity index (χ0v) is 13.2. The van der Waals surface area contributed by atoms with Crippen molar-refractivity contribution in [2.24, 2.45) is 0 Å². The fourth-order valence-corrected chi connectivity index (χ4v) is 3.70. The first-order chi connectivity index (χ1) is 8.89. The Morgan fingerprint density at radius 2 is 1.89 bits per heavy atom. The Labute approximate surface area is 121 Å². The molecule has 1 heterocycles. The molecule has 0 saturated carbocycles. The van der Waals surface area contributed by atoms with Crippen molar-refractivity contribution in [3.05, 3.63) is 35.4 Å². The summed E-state index contributed by atoms with van der Waals surface area (Å²) >= 11 is 1.94. The lowest BCUT2D eigenvalue weighted by atomic mass is 9.86. The molecular weight excluding hydrogens is 254 g/mol. The predicted molar refractivity (Wildman–Crippen MR) is 83.8 cm³/mol. The van der Waals surface area contributed by atoms with Crippen LogP contribution in [0.3, 0.4) is 0 Å². The van der Waals surface area contributed by atoms with Crippen LogP contribution in [-0.2, 0) is 5.41 Å². The summed E-state index contributed by atoms with van der Waals surface area (Å²) in [5.41, 5.74) is 2.52.